The number of anilines is 1. The van der Waals surface area contributed by atoms with Crippen molar-refractivity contribution in [3.05, 3.63) is 87.4 Å². The molecule has 0 saturated heterocycles. The Balaban J connectivity index is 1.93. The van der Waals surface area contributed by atoms with Crippen LogP contribution in [0.4, 0.5) is 5.69 Å². The SMILES string of the molecule is CNS(=O)(=O)c1ccc(C)c(NC(=O)CN(Cc2ccccc2Cl)S(=O)(=O)c2ccc(Br)cc2)c1. The van der Waals surface area contributed by atoms with Gasteiger partial charge in [0.15, 0.2) is 0 Å². The molecule has 8 nitrogen and oxygen atoms in total. The molecule has 1 amide bonds. The number of amides is 1. The molecule has 0 unspecified atom stereocenters. The van der Waals surface area contributed by atoms with E-state index in [2.05, 4.69) is 26.0 Å². The van der Waals surface area contributed by atoms with Crippen molar-refractivity contribution in [3.8, 4) is 0 Å². The summed E-state index contributed by atoms with van der Waals surface area (Å²) in [5.41, 5.74) is 1.40. The van der Waals surface area contributed by atoms with Gasteiger partial charge in [0, 0.05) is 21.7 Å². The van der Waals surface area contributed by atoms with Crippen molar-refractivity contribution in [2.24, 2.45) is 0 Å². The van der Waals surface area contributed by atoms with Gasteiger partial charge in [-0.15, -0.1) is 0 Å². The molecule has 0 saturated carbocycles. The van der Waals surface area contributed by atoms with E-state index in [4.69, 9.17) is 11.6 Å². The molecule has 12 heteroatoms. The summed E-state index contributed by atoms with van der Waals surface area (Å²) >= 11 is 9.54. The fraction of sp³-hybridized carbons (Fsp3) is 0.174. The van der Waals surface area contributed by atoms with Gasteiger partial charge in [0.2, 0.25) is 26.0 Å². The average Bonchev–Trinajstić information content (AvgIpc) is 2.81. The van der Waals surface area contributed by atoms with Crippen LogP contribution in [0.2, 0.25) is 5.02 Å². The van der Waals surface area contributed by atoms with E-state index in [1.54, 1.807) is 49.4 Å². The number of carbonyl (C=O) groups excluding carboxylic acids is 1. The molecule has 0 atom stereocenters. The fourth-order valence-corrected chi connectivity index (χ4v) is 5.76. The maximum Gasteiger partial charge on any atom is 0.243 e. The highest BCUT2D eigenvalue weighted by Crippen LogP contribution is 2.25. The van der Waals surface area contributed by atoms with Gasteiger partial charge in [-0.25, -0.2) is 21.6 Å². The van der Waals surface area contributed by atoms with Gasteiger partial charge < -0.3 is 5.32 Å². The maximum absolute atomic E-state index is 13.4. The average molecular weight is 601 g/mol. The van der Waals surface area contributed by atoms with Crippen LogP contribution >= 0.6 is 27.5 Å². The summed E-state index contributed by atoms with van der Waals surface area (Å²) in [7, 11) is -6.52. The first kappa shape index (κ1) is 27.3. The van der Waals surface area contributed by atoms with Gasteiger partial charge in [0.25, 0.3) is 0 Å². The zero-order chi connectivity index (χ0) is 25.8. The Hall–Kier alpha value is -2.28. The lowest BCUT2D eigenvalue weighted by Crippen LogP contribution is -2.37. The van der Waals surface area contributed by atoms with Gasteiger partial charge in [-0.1, -0.05) is 51.8 Å². The minimum Gasteiger partial charge on any atom is -0.325 e. The third-order valence-corrected chi connectivity index (χ3v) is 9.25. The Morgan fingerprint density at radius 3 is 2.23 bits per heavy atom. The predicted molar refractivity (Wildman–Crippen MR) is 139 cm³/mol. The summed E-state index contributed by atoms with van der Waals surface area (Å²) in [6.07, 6.45) is 0. The van der Waals surface area contributed by atoms with Gasteiger partial charge >= 0.3 is 0 Å². The third-order valence-electron chi connectivity index (χ3n) is 5.14. The number of nitrogens with zero attached hydrogens (tertiary/aromatic N) is 1. The first-order chi connectivity index (χ1) is 16.4. The van der Waals surface area contributed by atoms with Crippen LogP contribution in [0.15, 0.2) is 81.0 Å². The highest BCUT2D eigenvalue weighted by Gasteiger charge is 2.28. The summed E-state index contributed by atoms with van der Waals surface area (Å²) in [4.78, 5) is 13.0. The molecular weight excluding hydrogens is 578 g/mol. The Morgan fingerprint density at radius 2 is 1.60 bits per heavy atom. The quantitative estimate of drug-likeness (QED) is 0.383. The van der Waals surface area contributed by atoms with Gasteiger partial charge in [-0.05, 0) is 67.6 Å². The highest BCUT2D eigenvalue weighted by molar-refractivity contribution is 9.10. The van der Waals surface area contributed by atoms with Crippen LogP contribution in [0, 0.1) is 6.92 Å². The molecule has 186 valence electrons. The first-order valence-electron chi connectivity index (χ1n) is 10.3. The van der Waals surface area contributed by atoms with Crippen LogP contribution in [-0.4, -0.2) is 40.6 Å². The van der Waals surface area contributed by atoms with E-state index in [0.717, 1.165) is 4.31 Å². The summed E-state index contributed by atoms with van der Waals surface area (Å²) in [5.74, 6) is -0.639. The van der Waals surface area contributed by atoms with Gasteiger partial charge in [0.1, 0.15) is 0 Å². The molecule has 0 radical (unpaired) electrons. The molecule has 0 heterocycles. The summed E-state index contributed by atoms with van der Waals surface area (Å²) in [6.45, 7) is 1.04. The van der Waals surface area contributed by atoms with E-state index < -0.39 is 32.5 Å². The van der Waals surface area contributed by atoms with E-state index in [-0.39, 0.29) is 22.0 Å². The van der Waals surface area contributed by atoms with Crippen molar-refractivity contribution in [1.82, 2.24) is 9.03 Å². The van der Waals surface area contributed by atoms with Gasteiger partial charge in [-0.2, -0.15) is 4.31 Å². The van der Waals surface area contributed by atoms with Crippen molar-refractivity contribution >= 4 is 59.2 Å². The first-order valence-corrected chi connectivity index (χ1v) is 14.4. The molecule has 35 heavy (non-hydrogen) atoms. The van der Waals surface area contributed by atoms with E-state index >= 15 is 0 Å². The lowest BCUT2D eigenvalue weighted by Gasteiger charge is -2.23. The van der Waals surface area contributed by atoms with E-state index in [1.165, 1.54) is 31.3 Å². The Labute approximate surface area is 218 Å². The highest BCUT2D eigenvalue weighted by atomic mass is 79.9. The topological polar surface area (TPSA) is 113 Å². The largest absolute Gasteiger partial charge is 0.325 e. The molecule has 0 spiro atoms. The van der Waals surface area contributed by atoms with Crippen molar-refractivity contribution in [3.63, 3.8) is 0 Å². The standard InChI is InChI=1S/C23H23BrClN3O5S2/c1-16-7-10-20(34(30,31)26-2)13-22(16)27-23(29)15-28(14-17-5-3-4-6-21(17)25)35(32,33)19-11-8-18(24)9-12-19/h3-13,26H,14-15H2,1-2H3,(H,27,29). The number of rotatable bonds is 9. The number of hydrogen-bond acceptors (Lipinski definition) is 5. The van der Waals surface area contributed by atoms with Crippen LogP contribution in [-0.2, 0) is 31.4 Å². The van der Waals surface area contributed by atoms with Crippen molar-refractivity contribution in [2.75, 3.05) is 18.9 Å². The van der Waals surface area contributed by atoms with Crippen LogP contribution in [0.1, 0.15) is 11.1 Å². The number of halogens is 2. The van der Waals surface area contributed by atoms with Gasteiger partial charge in [-0.3, -0.25) is 4.79 Å². The molecule has 3 aromatic rings. The molecule has 0 bridgehead atoms. The third kappa shape index (κ3) is 6.69. The molecule has 3 rings (SSSR count). The molecule has 2 N–H and O–H groups in total. The summed E-state index contributed by atoms with van der Waals surface area (Å²) < 4.78 is 55.1. The Morgan fingerprint density at radius 1 is 0.971 bits per heavy atom. The van der Waals surface area contributed by atoms with E-state index in [0.29, 0.717) is 20.6 Å². The number of aryl methyl sites for hydroxylation is 1. The van der Waals surface area contributed by atoms with Crippen LogP contribution < -0.4 is 10.0 Å². The zero-order valence-electron chi connectivity index (χ0n) is 18.8. The minimum atomic E-state index is -4.08. The predicted octanol–water partition coefficient (Wildman–Crippen LogP) is 4.15. The van der Waals surface area contributed by atoms with E-state index in [9.17, 15) is 21.6 Å². The number of benzene rings is 3. The smallest absolute Gasteiger partial charge is 0.243 e. The molecule has 0 fully saturated rings. The molecule has 0 aromatic heterocycles. The molecule has 0 aliphatic heterocycles. The molecular formula is C23H23BrClN3O5S2. The van der Waals surface area contributed by atoms with Crippen LogP contribution in [0.3, 0.4) is 0 Å². The monoisotopic (exact) mass is 599 g/mol. The minimum absolute atomic E-state index is 0.0128. The number of nitrogens with one attached hydrogen (secondary N) is 2. The fourth-order valence-electron chi connectivity index (χ4n) is 3.17. The lowest BCUT2D eigenvalue weighted by atomic mass is 10.2. The summed E-state index contributed by atoms with van der Waals surface area (Å²) in [6, 6.07) is 17.1. The summed E-state index contributed by atoms with van der Waals surface area (Å²) in [5, 5.41) is 3.00. The molecule has 0 aliphatic carbocycles. The number of carbonyl (C=O) groups is 1. The van der Waals surface area contributed by atoms with Crippen LogP contribution in [0.25, 0.3) is 0 Å². The molecule has 0 aliphatic rings. The second-order valence-corrected chi connectivity index (χ2v) is 12.7. The van der Waals surface area contributed by atoms with Gasteiger partial charge in [0.05, 0.1) is 16.3 Å². The van der Waals surface area contributed by atoms with Crippen molar-refractivity contribution in [1.29, 1.82) is 0 Å². The molecule has 3 aromatic carbocycles. The Bertz CT molecular complexity index is 1450. The van der Waals surface area contributed by atoms with Crippen molar-refractivity contribution < 1.29 is 21.6 Å². The maximum atomic E-state index is 13.4. The second kappa shape index (κ2) is 11.2. The second-order valence-electron chi connectivity index (χ2n) is 7.55. The number of sulfonamides is 2. The number of hydrogen-bond donors (Lipinski definition) is 2. The van der Waals surface area contributed by atoms with Crippen LogP contribution in [0.5, 0.6) is 0 Å². The Kier molecular flexibility index (Phi) is 8.73. The zero-order valence-corrected chi connectivity index (χ0v) is 22.8. The lowest BCUT2D eigenvalue weighted by molar-refractivity contribution is -0.116. The van der Waals surface area contributed by atoms with E-state index in [1.807, 2.05) is 0 Å². The normalized spacial score (nSPS) is 12.0. The van der Waals surface area contributed by atoms with Crippen molar-refractivity contribution in [2.45, 2.75) is 23.3 Å².